The van der Waals surface area contributed by atoms with Crippen LogP contribution in [0.5, 0.6) is 11.5 Å². The van der Waals surface area contributed by atoms with Crippen LogP contribution in [0.25, 0.3) is 0 Å². The van der Waals surface area contributed by atoms with Gasteiger partial charge in [0.1, 0.15) is 5.82 Å². The first kappa shape index (κ1) is 16.9. The van der Waals surface area contributed by atoms with E-state index in [9.17, 15) is 4.79 Å². The Balaban J connectivity index is 1.44. The minimum Gasteiger partial charge on any atom is -0.454 e. The van der Waals surface area contributed by atoms with E-state index in [2.05, 4.69) is 28.6 Å². The van der Waals surface area contributed by atoms with Crippen molar-refractivity contribution in [2.24, 2.45) is 0 Å². The van der Waals surface area contributed by atoms with Crippen LogP contribution in [0.2, 0.25) is 0 Å². The van der Waals surface area contributed by atoms with Gasteiger partial charge < -0.3 is 20.1 Å². The number of fused-ring (bicyclic) bond motifs is 1. The van der Waals surface area contributed by atoms with Crippen LogP contribution in [-0.2, 0) is 6.42 Å². The van der Waals surface area contributed by atoms with Crippen LogP contribution < -0.4 is 20.1 Å². The molecular weight excluding hydrogens is 342 g/mol. The van der Waals surface area contributed by atoms with Gasteiger partial charge in [-0.25, -0.2) is 4.98 Å². The number of benzene rings is 2. The molecule has 0 saturated heterocycles. The van der Waals surface area contributed by atoms with Gasteiger partial charge in [-0.3, -0.25) is 4.79 Å². The Morgan fingerprint density at radius 2 is 1.93 bits per heavy atom. The monoisotopic (exact) mass is 361 g/mol. The van der Waals surface area contributed by atoms with E-state index in [0.717, 1.165) is 12.1 Å². The fourth-order valence-electron chi connectivity index (χ4n) is 2.87. The number of pyridine rings is 1. The van der Waals surface area contributed by atoms with Crippen molar-refractivity contribution in [2.75, 3.05) is 17.4 Å². The molecule has 2 aromatic carbocycles. The molecule has 136 valence electrons. The van der Waals surface area contributed by atoms with Crippen LogP contribution >= 0.6 is 0 Å². The Labute approximate surface area is 157 Å². The molecule has 0 radical (unpaired) electrons. The van der Waals surface area contributed by atoms with Gasteiger partial charge in [0.15, 0.2) is 11.5 Å². The van der Waals surface area contributed by atoms with Gasteiger partial charge in [-0.05, 0) is 42.3 Å². The average molecular weight is 361 g/mol. The van der Waals surface area contributed by atoms with Crippen molar-refractivity contribution in [2.45, 2.75) is 13.3 Å². The largest absolute Gasteiger partial charge is 0.454 e. The van der Waals surface area contributed by atoms with Crippen LogP contribution in [0.3, 0.4) is 0 Å². The smallest absolute Gasteiger partial charge is 0.257 e. The number of anilines is 3. The van der Waals surface area contributed by atoms with Crippen molar-refractivity contribution in [3.8, 4) is 11.5 Å². The third-order valence-electron chi connectivity index (χ3n) is 4.32. The average Bonchev–Trinajstić information content (AvgIpc) is 3.17. The van der Waals surface area contributed by atoms with Crippen LogP contribution in [-0.4, -0.2) is 17.7 Å². The minimum atomic E-state index is -0.234. The van der Waals surface area contributed by atoms with Crippen molar-refractivity contribution in [1.82, 2.24) is 4.98 Å². The molecule has 0 spiro atoms. The number of carbonyl (C=O) groups is 1. The van der Waals surface area contributed by atoms with Gasteiger partial charge in [-0.15, -0.1) is 0 Å². The summed E-state index contributed by atoms with van der Waals surface area (Å²) in [5.74, 6) is 1.76. The van der Waals surface area contributed by atoms with E-state index in [4.69, 9.17) is 9.47 Å². The van der Waals surface area contributed by atoms with Gasteiger partial charge in [-0.1, -0.05) is 25.1 Å². The third kappa shape index (κ3) is 3.69. The summed E-state index contributed by atoms with van der Waals surface area (Å²) in [6, 6.07) is 16.9. The molecule has 0 atom stereocenters. The second-order valence-corrected chi connectivity index (χ2v) is 6.09. The summed E-state index contributed by atoms with van der Waals surface area (Å²) in [7, 11) is 0. The van der Waals surface area contributed by atoms with Crippen molar-refractivity contribution in [3.63, 3.8) is 0 Å². The molecule has 1 aliphatic rings. The summed E-state index contributed by atoms with van der Waals surface area (Å²) >= 11 is 0. The number of hydrogen-bond donors (Lipinski definition) is 2. The van der Waals surface area contributed by atoms with Crippen molar-refractivity contribution in [3.05, 3.63) is 71.9 Å². The lowest BCUT2D eigenvalue weighted by atomic mass is 10.1. The SMILES string of the molecule is CCc1ccccc1Nc1ccc(C(=O)Nc2ccc3c(c2)OCO3)cn1. The number of nitrogens with one attached hydrogen (secondary N) is 2. The van der Waals surface area contributed by atoms with E-state index in [1.54, 1.807) is 36.5 Å². The predicted octanol–water partition coefficient (Wildman–Crippen LogP) is 4.37. The van der Waals surface area contributed by atoms with Gasteiger partial charge >= 0.3 is 0 Å². The molecule has 0 unspecified atom stereocenters. The number of ether oxygens (including phenoxy) is 2. The van der Waals surface area contributed by atoms with E-state index >= 15 is 0 Å². The highest BCUT2D eigenvalue weighted by Gasteiger charge is 2.15. The van der Waals surface area contributed by atoms with Gasteiger partial charge in [0.2, 0.25) is 6.79 Å². The summed E-state index contributed by atoms with van der Waals surface area (Å²) in [4.78, 5) is 16.8. The number of aryl methyl sites for hydroxylation is 1. The predicted molar refractivity (Wildman–Crippen MR) is 104 cm³/mol. The highest BCUT2D eigenvalue weighted by Crippen LogP contribution is 2.34. The maximum atomic E-state index is 12.4. The molecule has 6 nitrogen and oxygen atoms in total. The first-order valence-electron chi connectivity index (χ1n) is 8.75. The molecule has 4 rings (SSSR count). The van der Waals surface area contributed by atoms with E-state index in [0.29, 0.717) is 28.6 Å². The van der Waals surface area contributed by atoms with Gasteiger partial charge in [0.25, 0.3) is 5.91 Å². The normalized spacial score (nSPS) is 11.9. The van der Waals surface area contributed by atoms with E-state index in [1.165, 1.54) is 5.56 Å². The van der Waals surface area contributed by atoms with Crippen molar-refractivity contribution < 1.29 is 14.3 Å². The zero-order valence-electron chi connectivity index (χ0n) is 14.9. The molecule has 0 saturated carbocycles. The highest BCUT2D eigenvalue weighted by molar-refractivity contribution is 6.04. The van der Waals surface area contributed by atoms with Crippen LogP contribution in [0.1, 0.15) is 22.8 Å². The summed E-state index contributed by atoms with van der Waals surface area (Å²) < 4.78 is 10.6. The van der Waals surface area contributed by atoms with Crippen LogP contribution in [0.15, 0.2) is 60.8 Å². The molecule has 27 heavy (non-hydrogen) atoms. The van der Waals surface area contributed by atoms with Gasteiger partial charge in [0, 0.05) is 23.6 Å². The fraction of sp³-hybridized carbons (Fsp3) is 0.143. The maximum Gasteiger partial charge on any atom is 0.257 e. The van der Waals surface area contributed by atoms with Crippen molar-refractivity contribution in [1.29, 1.82) is 0 Å². The molecule has 3 aromatic rings. The molecule has 1 aliphatic heterocycles. The standard InChI is InChI=1S/C21H19N3O3/c1-2-14-5-3-4-6-17(14)24-20-10-7-15(12-22-20)21(25)23-16-8-9-18-19(11-16)27-13-26-18/h3-12H,2,13H2,1H3,(H,22,24)(H,23,25). The number of nitrogens with zero attached hydrogens (tertiary/aromatic N) is 1. The van der Waals surface area contributed by atoms with Crippen molar-refractivity contribution >= 4 is 23.1 Å². The summed E-state index contributed by atoms with van der Waals surface area (Å²) in [5.41, 5.74) is 3.35. The molecule has 0 aliphatic carbocycles. The Bertz CT molecular complexity index is 971. The zero-order chi connectivity index (χ0) is 18.6. The summed E-state index contributed by atoms with van der Waals surface area (Å²) in [5, 5.41) is 6.13. The molecule has 0 bridgehead atoms. The molecule has 6 heteroatoms. The number of amides is 1. The second-order valence-electron chi connectivity index (χ2n) is 6.09. The lowest BCUT2D eigenvalue weighted by Gasteiger charge is -2.11. The Hall–Kier alpha value is -3.54. The minimum absolute atomic E-state index is 0.201. The molecule has 1 aromatic heterocycles. The highest BCUT2D eigenvalue weighted by atomic mass is 16.7. The van der Waals surface area contributed by atoms with E-state index in [1.807, 2.05) is 18.2 Å². The maximum absolute atomic E-state index is 12.4. The number of rotatable bonds is 5. The van der Waals surface area contributed by atoms with Crippen LogP contribution in [0.4, 0.5) is 17.2 Å². The number of hydrogen-bond acceptors (Lipinski definition) is 5. The number of carbonyl (C=O) groups excluding carboxylic acids is 1. The fourth-order valence-corrected chi connectivity index (χ4v) is 2.87. The summed E-state index contributed by atoms with van der Waals surface area (Å²) in [6.45, 7) is 2.31. The van der Waals surface area contributed by atoms with Gasteiger partial charge in [0.05, 0.1) is 5.56 Å². The second kappa shape index (κ2) is 7.37. The topological polar surface area (TPSA) is 72.5 Å². The summed E-state index contributed by atoms with van der Waals surface area (Å²) in [6.07, 6.45) is 2.48. The van der Waals surface area contributed by atoms with E-state index in [-0.39, 0.29) is 12.7 Å². The quantitative estimate of drug-likeness (QED) is 0.706. The Morgan fingerprint density at radius 3 is 2.74 bits per heavy atom. The molecule has 2 heterocycles. The Morgan fingerprint density at radius 1 is 1.07 bits per heavy atom. The lowest BCUT2D eigenvalue weighted by Crippen LogP contribution is -2.12. The lowest BCUT2D eigenvalue weighted by molar-refractivity contribution is 0.102. The first-order valence-corrected chi connectivity index (χ1v) is 8.75. The van der Waals surface area contributed by atoms with E-state index < -0.39 is 0 Å². The molecule has 2 N–H and O–H groups in total. The molecular formula is C21H19N3O3. The molecule has 0 fully saturated rings. The first-order chi connectivity index (χ1) is 13.2. The van der Waals surface area contributed by atoms with Gasteiger partial charge in [-0.2, -0.15) is 0 Å². The van der Waals surface area contributed by atoms with Crippen LogP contribution in [0, 0.1) is 0 Å². The number of para-hydroxylation sites is 1. The zero-order valence-corrected chi connectivity index (χ0v) is 14.9. The molecule has 1 amide bonds. The number of aromatic nitrogens is 1. The Kier molecular flexibility index (Phi) is 4.61. The third-order valence-corrected chi connectivity index (χ3v) is 4.32.